The number of halogens is 1. The molecule has 0 fully saturated rings. The highest BCUT2D eigenvalue weighted by molar-refractivity contribution is 6.33. The zero-order valence-electron chi connectivity index (χ0n) is 19.4. The van der Waals surface area contributed by atoms with E-state index in [1.54, 1.807) is 33.1 Å². The van der Waals surface area contributed by atoms with Gasteiger partial charge in [-0.1, -0.05) is 37.6 Å². The smallest absolute Gasteiger partial charge is 0.336 e. The molecule has 0 saturated carbocycles. The molecule has 0 radical (unpaired) electrons. The molecule has 7 nitrogen and oxygen atoms in total. The van der Waals surface area contributed by atoms with Gasteiger partial charge in [0.15, 0.2) is 0 Å². The number of esters is 1. The number of aliphatic carboxylic acids is 1. The van der Waals surface area contributed by atoms with Crippen LogP contribution in [0, 0.1) is 5.92 Å². The van der Waals surface area contributed by atoms with Crippen molar-refractivity contribution in [2.24, 2.45) is 5.92 Å². The van der Waals surface area contributed by atoms with E-state index < -0.39 is 17.9 Å². The highest BCUT2D eigenvalue weighted by atomic mass is 35.5. The molecule has 2 unspecified atom stereocenters. The molecule has 1 aliphatic rings. The molecule has 0 aliphatic carbocycles. The van der Waals surface area contributed by atoms with Crippen LogP contribution in [0.5, 0.6) is 0 Å². The maximum Gasteiger partial charge on any atom is 0.336 e. The number of carboxylic acids is 1. The third-order valence-electron chi connectivity index (χ3n) is 5.84. The minimum atomic E-state index is -1.14. The maximum atomic E-state index is 13.3. The van der Waals surface area contributed by atoms with Crippen LogP contribution < -0.4 is 5.32 Å². The highest BCUT2D eigenvalue weighted by Gasteiger charge is 2.39. The number of rotatable bonds is 8. The van der Waals surface area contributed by atoms with Crippen molar-refractivity contribution >= 4 is 23.5 Å². The van der Waals surface area contributed by atoms with Crippen molar-refractivity contribution in [3.05, 3.63) is 75.9 Å². The molecule has 2 N–H and O–H groups in total. The summed E-state index contributed by atoms with van der Waals surface area (Å²) in [6.07, 6.45) is 3.42. The van der Waals surface area contributed by atoms with Crippen molar-refractivity contribution in [2.75, 3.05) is 13.7 Å². The molecule has 3 rings (SSSR count). The maximum absolute atomic E-state index is 13.3. The molecule has 8 heteroatoms. The molecule has 1 aromatic carbocycles. The molecule has 0 amide bonds. The second kappa shape index (κ2) is 10.3. The minimum Gasteiger partial charge on any atom is -0.478 e. The van der Waals surface area contributed by atoms with Gasteiger partial charge in [-0.2, -0.15) is 0 Å². The Morgan fingerprint density at radius 1 is 1.12 bits per heavy atom. The van der Waals surface area contributed by atoms with Gasteiger partial charge in [-0.05, 0) is 43.5 Å². The van der Waals surface area contributed by atoms with E-state index in [1.807, 2.05) is 49.0 Å². The Hall–Kier alpha value is -3.03. The molecule has 0 spiro atoms. The first-order valence-electron chi connectivity index (χ1n) is 10.7. The summed E-state index contributed by atoms with van der Waals surface area (Å²) in [7, 11) is 1.56. The van der Waals surface area contributed by atoms with E-state index in [4.69, 9.17) is 21.1 Å². The van der Waals surface area contributed by atoms with E-state index in [2.05, 4.69) is 5.32 Å². The van der Waals surface area contributed by atoms with E-state index in [0.29, 0.717) is 27.7 Å². The molecule has 0 saturated heterocycles. The lowest BCUT2D eigenvalue weighted by molar-refractivity contribution is -0.144. The van der Waals surface area contributed by atoms with E-state index in [1.165, 1.54) is 0 Å². The predicted octanol–water partition coefficient (Wildman–Crippen LogP) is 4.66. The van der Waals surface area contributed by atoms with Crippen LogP contribution in [-0.2, 0) is 19.1 Å². The van der Waals surface area contributed by atoms with E-state index >= 15 is 0 Å². The SMILES string of the molecule is COC(COC(=O)C1=C(C)NC(C)=C(C(=O)O)C1c1cccc(-n2cccc2)c1Cl)C(C)C. The predicted molar refractivity (Wildman–Crippen MR) is 126 cm³/mol. The Kier molecular flexibility index (Phi) is 7.66. The topological polar surface area (TPSA) is 89.8 Å². The van der Waals surface area contributed by atoms with Crippen molar-refractivity contribution < 1.29 is 24.2 Å². The number of hydrogen-bond acceptors (Lipinski definition) is 5. The van der Waals surface area contributed by atoms with E-state index in [-0.39, 0.29) is 29.8 Å². The fraction of sp³-hybridized carbons (Fsp3) is 0.360. The van der Waals surface area contributed by atoms with Gasteiger partial charge in [0, 0.05) is 30.9 Å². The number of methoxy groups -OCH3 is 1. The average molecular weight is 473 g/mol. The number of dihydropyridines is 1. The van der Waals surface area contributed by atoms with Gasteiger partial charge in [0.25, 0.3) is 0 Å². The first-order chi connectivity index (χ1) is 15.7. The molecule has 176 valence electrons. The number of carboxylic acid groups (broad SMARTS) is 1. The zero-order chi connectivity index (χ0) is 24.3. The van der Waals surface area contributed by atoms with Crippen LogP contribution in [0.2, 0.25) is 5.02 Å². The minimum absolute atomic E-state index is 0.0475. The average Bonchev–Trinajstić information content (AvgIpc) is 3.27. The van der Waals surface area contributed by atoms with Crippen LogP contribution >= 0.6 is 11.6 Å². The van der Waals surface area contributed by atoms with Gasteiger partial charge in [-0.25, -0.2) is 9.59 Å². The Balaban J connectivity index is 2.10. The molecule has 2 aromatic rings. The number of nitrogens with one attached hydrogen (secondary N) is 1. The summed E-state index contributed by atoms with van der Waals surface area (Å²) < 4.78 is 12.8. The summed E-state index contributed by atoms with van der Waals surface area (Å²) in [5.74, 6) is -2.51. The highest BCUT2D eigenvalue weighted by Crippen LogP contribution is 2.43. The van der Waals surface area contributed by atoms with Crippen LogP contribution in [0.4, 0.5) is 0 Å². The van der Waals surface area contributed by atoms with Crippen molar-refractivity contribution in [1.29, 1.82) is 0 Å². The van der Waals surface area contributed by atoms with E-state index in [0.717, 1.165) is 0 Å². The number of allylic oxidation sites excluding steroid dienone is 2. The Labute approximate surface area is 198 Å². The van der Waals surface area contributed by atoms with Gasteiger partial charge in [-0.15, -0.1) is 0 Å². The molecule has 0 bridgehead atoms. The normalized spacial score (nSPS) is 17.2. The Morgan fingerprint density at radius 2 is 1.76 bits per heavy atom. The van der Waals surface area contributed by atoms with Crippen LogP contribution in [0.1, 0.15) is 39.2 Å². The summed E-state index contributed by atoms with van der Waals surface area (Å²) in [5, 5.41) is 13.4. The second-order valence-electron chi connectivity index (χ2n) is 8.33. The monoisotopic (exact) mass is 472 g/mol. The largest absolute Gasteiger partial charge is 0.478 e. The molecule has 33 heavy (non-hydrogen) atoms. The quantitative estimate of drug-likeness (QED) is 0.543. The van der Waals surface area contributed by atoms with Crippen LogP contribution in [0.15, 0.2) is 65.3 Å². The number of carbonyl (C=O) groups excluding carboxylic acids is 1. The zero-order valence-corrected chi connectivity index (χ0v) is 20.1. The standard InChI is InChI=1S/C25H29ClN2O5/c1-14(2)19(32-5)13-33-25(31)21-16(4)27-15(3)20(24(29)30)22(21)17-9-8-10-18(23(17)26)28-11-6-7-12-28/h6-12,14,19,22,27H,13H2,1-5H3,(H,29,30). The third-order valence-corrected chi connectivity index (χ3v) is 6.25. The first-order valence-corrected chi connectivity index (χ1v) is 11.1. The number of aromatic nitrogens is 1. The van der Waals surface area contributed by atoms with Gasteiger partial charge >= 0.3 is 11.9 Å². The van der Waals surface area contributed by atoms with Crippen LogP contribution in [-0.4, -0.2) is 41.4 Å². The number of hydrogen-bond donors (Lipinski definition) is 2. The van der Waals surface area contributed by atoms with Gasteiger partial charge in [0.1, 0.15) is 6.61 Å². The Morgan fingerprint density at radius 3 is 2.33 bits per heavy atom. The molecular formula is C25H29ClN2O5. The number of ether oxygens (including phenoxy) is 2. The van der Waals surface area contributed by atoms with Gasteiger partial charge in [0.05, 0.1) is 33.9 Å². The Bertz CT molecular complexity index is 1100. The van der Waals surface area contributed by atoms with Gasteiger partial charge in [0.2, 0.25) is 0 Å². The molecular weight excluding hydrogens is 444 g/mol. The van der Waals surface area contributed by atoms with Crippen LogP contribution in [0.25, 0.3) is 5.69 Å². The lowest BCUT2D eigenvalue weighted by Gasteiger charge is -2.31. The van der Waals surface area contributed by atoms with Gasteiger partial charge < -0.3 is 24.5 Å². The second-order valence-corrected chi connectivity index (χ2v) is 8.71. The third kappa shape index (κ3) is 4.99. The summed E-state index contributed by atoms with van der Waals surface area (Å²) in [6.45, 7) is 7.40. The van der Waals surface area contributed by atoms with Crippen molar-refractivity contribution in [3.63, 3.8) is 0 Å². The van der Waals surface area contributed by atoms with Crippen molar-refractivity contribution in [2.45, 2.75) is 39.7 Å². The van der Waals surface area contributed by atoms with Crippen LogP contribution in [0.3, 0.4) is 0 Å². The molecule has 2 heterocycles. The fourth-order valence-electron chi connectivity index (χ4n) is 4.08. The molecule has 1 aromatic heterocycles. The molecule has 2 atom stereocenters. The number of nitrogens with zero attached hydrogens (tertiary/aromatic N) is 1. The summed E-state index contributed by atoms with van der Waals surface area (Å²) in [4.78, 5) is 25.6. The fourth-order valence-corrected chi connectivity index (χ4v) is 4.41. The van der Waals surface area contributed by atoms with Gasteiger partial charge in [-0.3, -0.25) is 0 Å². The van der Waals surface area contributed by atoms with Crippen molar-refractivity contribution in [3.8, 4) is 5.69 Å². The molecule has 1 aliphatic heterocycles. The number of benzene rings is 1. The lowest BCUT2D eigenvalue weighted by Crippen LogP contribution is -2.33. The first kappa shape index (κ1) is 24.6. The summed E-state index contributed by atoms with van der Waals surface area (Å²) >= 11 is 6.81. The van der Waals surface area contributed by atoms with E-state index in [9.17, 15) is 14.7 Å². The summed E-state index contributed by atoms with van der Waals surface area (Å²) in [5.41, 5.74) is 2.42. The summed E-state index contributed by atoms with van der Waals surface area (Å²) in [6, 6.07) is 9.12. The number of carbonyl (C=O) groups is 2. The lowest BCUT2D eigenvalue weighted by atomic mass is 9.80. The van der Waals surface area contributed by atoms with Crippen molar-refractivity contribution in [1.82, 2.24) is 9.88 Å².